The van der Waals surface area contributed by atoms with Gasteiger partial charge in [0.2, 0.25) is 0 Å². The van der Waals surface area contributed by atoms with Crippen molar-refractivity contribution >= 4 is 16.5 Å². The van der Waals surface area contributed by atoms with Crippen LogP contribution in [0.15, 0.2) is 30.6 Å². The summed E-state index contributed by atoms with van der Waals surface area (Å²) in [6.07, 6.45) is 0.0938. The normalized spacial score (nSPS) is 14.3. The highest BCUT2D eigenvalue weighted by Crippen LogP contribution is 2.31. The van der Waals surface area contributed by atoms with Crippen molar-refractivity contribution in [2.45, 2.75) is 12.2 Å². The maximum Gasteiger partial charge on any atom is 0.278 e. The maximum absolute atomic E-state index is 10.9. The van der Waals surface area contributed by atoms with Crippen LogP contribution in [0.25, 0.3) is 10.8 Å². The molecule has 0 radical (unpaired) electrons. The Bertz CT molecular complexity index is 616. The largest absolute Gasteiger partial charge is 0.394 e. The van der Waals surface area contributed by atoms with Gasteiger partial charge in [-0.3, -0.25) is 15.1 Å². The fraction of sp³-hybridized carbons (Fsp3) is 0.250. The van der Waals surface area contributed by atoms with Gasteiger partial charge < -0.3 is 15.3 Å². The lowest BCUT2D eigenvalue weighted by atomic mass is 9.98. The van der Waals surface area contributed by atoms with Gasteiger partial charge in [0, 0.05) is 18.5 Å². The van der Waals surface area contributed by atoms with Gasteiger partial charge in [-0.05, 0) is 23.1 Å². The zero-order valence-electron chi connectivity index (χ0n) is 9.80. The van der Waals surface area contributed by atoms with Crippen LogP contribution in [0, 0.1) is 10.1 Å². The molecule has 0 bridgehead atoms. The van der Waals surface area contributed by atoms with Gasteiger partial charge >= 0.3 is 0 Å². The summed E-state index contributed by atoms with van der Waals surface area (Å²) in [6.45, 7) is -0.606. The van der Waals surface area contributed by atoms with E-state index in [9.17, 15) is 20.3 Å². The van der Waals surface area contributed by atoms with E-state index in [2.05, 4.69) is 4.98 Å². The number of rotatable bonds is 4. The highest BCUT2D eigenvalue weighted by Gasteiger charge is 2.22. The minimum atomic E-state index is -1.35. The molecule has 2 aromatic rings. The number of pyridine rings is 1. The number of fused-ring (bicyclic) bond motifs is 1. The lowest BCUT2D eigenvalue weighted by Crippen LogP contribution is -2.22. The van der Waals surface area contributed by atoms with Crippen LogP contribution in [0.1, 0.15) is 11.7 Å². The van der Waals surface area contributed by atoms with E-state index in [0.29, 0.717) is 10.9 Å². The lowest BCUT2D eigenvalue weighted by molar-refractivity contribution is -0.383. The van der Waals surface area contributed by atoms with Gasteiger partial charge in [-0.25, -0.2) is 0 Å². The molecular weight excluding hydrogens is 252 g/mol. The Balaban J connectivity index is 2.65. The minimum Gasteiger partial charge on any atom is -0.394 e. The van der Waals surface area contributed by atoms with E-state index in [-0.39, 0.29) is 11.1 Å². The lowest BCUT2D eigenvalue weighted by Gasteiger charge is -2.17. The standard InChI is InChI=1S/C12H12N2O5/c15-6-11(16)12(17)8-1-2-10(14(18)19)9-5-13-4-3-7(8)9/h1-5,11-12,15-17H,6H2. The number of nitro groups is 1. The van der Waals surface area contributed by atoms with E-state index in [0.717, 1.165) is 0 Å². The SMILES string of the molecule is O=[N+]([O-])c1ccc(C(O)C(O)CO)c2ccncc12. The number of hydrogen-bond acceptors (Lipinski definition) is 6. The van der Waals surface area contributed by atoms with Gasteiger partial charge in [0.15, 0.2) is 0 Å². The van der Waals surface area contributed by atoms with Gasteiger partial charge in [-0.2, -0.15) is 0 Å². The predicted molar refractivity (Wildman–Crippen MR) is 66.4 cm³/mol. The van der Waals surface area contributed by atoms with Crippen molar-refractivity contribution in [2.24, 2.45) is 0 Å². The second-order valence-corrected chi connectivity index (χ2v) is 4.05. The van der Waals surface area contributed by atoms with Crippen LogP contribution >= 0.6 is 0 Å². The Hall–Kier alpha value is -2.09. The van der Waals surface area contributed by atoms with Crippen LogP contribution in [-0.4, -0.2) is 37.9 Å². The summed E-state index contributed by atoms with van der Waals surface area (Å²) >= 11 is 0. The van der Waals surface area contributed by atoms with Gasteiger partial charge in [-0.15, -0.1) is 0 Å². The van der Waals surface area contributed by atoms with Gasteiger partial charge in [0.25, 0.3) is 5.69 Å². The molecule has 0 amide bonds. The van der Waals surface area contributed by atoms with Crippen LogP contribution in [-0.2, 0) is 0 Å². The highest BCUT2D eigenvalue weighted by atomic mass is 16.6. The Morgan fingerprint density at radius 2 is 2.00 bits per heavy atom. The second kappa shape index (κ2) is 5.27. The van der Waals surface area contributed by atoms with E-state index in [1.807, 2.05) is 0 Å². The molecule has 0 aliphatic rings. The Morgan fingerprint density at radius 1 is 1.26 bits per heavy atom. The first-order chi connectivity index (χ1) is 9.06. The Morgan fingerprint density at radius 3 is 2.63 bits per heavy atom. The first kappa shape index (κ1) is 13.3. The number of aliphatic hydroxyl groups is 3. The van der Waals surface area contributed by atoms with Crippen LogP contribution < -0.4 is 0 Å². The van der Waals surface area contributed by atoms with Crippen LogP contribution in [0.4, 0.5) is 5.69 Å². The van der Waals surface area contributed by atoms with Crippen molar-refractivity contribution in [3.63, 3.8) is 0 Å². The molecule has 0 saturated heterocycles. The number of aliphatic hydroxyl groups excluding tert-OH is 3. The molecule has 2 rings (SSSR count). The van der Waals surface area contributed by atoms with Crippen molar-refractivity contribution in [2.75, 3.05) is 6.61 Å². The first-order valence-electron chi connectivity index (χ1n) is 5.54. The number of nitro benzene ring substituents is 1. The smallest absolute Gasteiger partial charge is 0.278 e. The first-order valence-corrected chi connectivity index (χ1v) is 5.54. The molecule has 100 valence electrons. The average molecular weight is 264 g/mol. The van der Waals surface area contributed by atoms with E-state index in [4.69, 9.17) is 5.11 Å². The summed E-state index contributed by atoms with van der Waals surface area (Å²) in [5.74, 6) is 0. The topological polar surface area (TPSA) is 117 Å². The summed E-state index contributed by atoms with van der Waals surface area (Å²) in [4.78, 5) is 14.2. The molecule has 7 heteroatoms. The van der Waals surface area contributed by atoms with Crippen LogP contribution in [0.5, 0.6) is 0 Å². The summed E-state index contributed by atoms with van der Waals surface area (Å²) in [5, 5.41) is 39.8. The summed E-state index contributed by atoms with van der Waals surface area (Å²) < 4.78 is 0. The molecule has 1 aromatic heterocycles. The molecule has 0 spiro atoms. The van der Waals surface area contributed by atoms with E-state index < -0.39 is 23.7 Å². The molecule has 0 aliphatic carbocycles. The Kier molecular flexibility index (Phi) is 3.70. The zero-order chi connectivity index (χ0) is 14.0. The average Bonchev–Trinajstić information content (AvgIpc) is 2.44. The monoisotopic (exact) mass is 264 g/mol. The van der Waals surface area contributed by atoms with Crippen molar-refractivity contribution in [1.82, 2.24) is 4.98 Å². The molecule has 0 saturated carbocycles. The van der Waals surface area contributed by atoms with Gasteiger partial charge in [-0.1, -0.05) is 0 Å². The second-order valence-electron chi connectivity index (χ2n) is 4.05. The van der Waals surface area contributed by atoms with Crippen LogP contribution in [0.2, 0.25) is 0 Å². The zero-order valence-corrected chi connectivity index (χ0v) is 9.80. The third-order valence-corrected chi connectivity index (χ3v) is 2.90. The molecule has 2 unspecified atom stereocenters. The summed E-state index contributed by atoms with van der Waals surface area (Å²) in [6, 6.07) is 4.13. The molecule has 19 heavy (non-hydrogen) atoms. The quantitative estimate of drug-likeness (QED) is 0.547. The molecule has 1 aromatic carbocycles. The highest BCUT2D eigenvalue weighted by molar-refractivity contribution is 5.92. The molecule has 2 atom stereocenters. The number of non-ortho nitro benzene ring substituents is 1. The maximum atomic E-state index is 10.9. The molecule has 3 N–H and O–H groups in total. The van der Waals surface area contributed by atoms with Crippen molar-refractivity contribution in [3.8, 4) is 0 Å². The number of hydrogen-bond donors (Lipinski definition) is 3. The van der Waals surface area contributed by atoms with Crippen molar-refractivity contribution in [3.05, 3.63) is 46.3 Å². The van der Waals surface area contributed by atoms with Gasteiger partial charge in [0.05, 0.1) is 16.9 Å². The molecule has 0 aliphatic heterocycles. The van der Waals surface area contributed by atoms with Crippen molar-refractivity contribution in [1.29, 1.82) is 0 Å². The third kappa shape index (κ3) is 2.39. The minimum absolute atomic E-state index is 0.127. The summed E-state index contributed by atoms with van der Waals surface area (Å²) in [5.41, 5.74) is 0.182. The number of nitrogens with zero attached hydrogens (tertiary/aromatic N) is 2. The third-order valence-electron chi connectivity index (χ3n) is 2.90. The fourth-order valence-corrected chi connectivity index (χ4v) is 1.92. The Labute approximate surface area is 107 Å². The fourth-order valence-electron chi connectivity index (χ4n) is 1.92. The molecular formula is C12H12N2O5. The van der Waals surface area contributed by atoms with E-state index >= 15 is 0 Å². The number of aromatic nitrogens is 1. The number of benzene rings is 1. The molecule has 1 heterocycles. The van der Waals surface area contributed by atoms with Gasteiger partial charge in [0.1, 0.15) is 12.2 Å². The molecule has 7 nitrogen and oxygen atoms in total. The van der Waals surface area contributed by atoms with E-state index in [1.165, 1.54) is 30.6 Å². The molecule has 0 fully saturated rings. The van der Waals surface area contributed by atoms with E-state index in [1.54, 1.807) is 0 Å². The van der Waals surface area contributed by atoms with Crippen molar-refractivity contribution < 1.29 is 20.2 Å². The van der Waals surface area contributed by atoms with Crippen LogP contribution in [0.3, 0.4) is 0 Å². The summed E-state index contributed by atoms with van der Waals surface area (Å²) in [7, 11) is 0. The predicted octanol–water partition coefficient (Wildman–Crippen LogP) is 0.530.